The first-order valence-electron chi connectivity index (χ1n) is 9.93. The summed E-state index contributed by atoms with van der Waals surface area (Å²) in [6.07, 6.45) is 0.662. The molecule has 6 nitrogen and oxygen atoms in total. The third kappa shape index (κ3) is 4.75. The van der Waals surface area contributed by atoms with Crippen molar-refractivity contribution < 1.29 is 14.3 Å². The molecule has 1 aliphatic carbocycles. The Balaban J connectivity index is 1.50. The van der Waals surface area contributed by atoms with Gasteiger partial charge in [0.2, 0.25) is 0 Å². The Kier molecular flexibility index (Phi) is 6.05. The third-order valence-corrected chi connectivity index (χ3v) is 6.99. The number of hydrogen-bond donors (Lipinski definition) is 3. The van der Waals surface area contributed by atoms with E-state index in [1.54, 1.807) is 6.07 Å². The average Bonchev–Trinajstić information content (AvgIpc) is 3.32. The first-order valence-corrected chi connectivity index (χ1v) is 11.5. The fourth-order valence-electron chi connectivity index (χ4n) is 3.84. The Morgan fingerprint density at radius 2 is 2.00 bits per heavy atom. The van der Waals surface area contributed by atoms with Crippen LogP contribution in [-0.4, -0.2) is 35.0 Å². The molecule has 9 heteroatoms. The zero-order valence-electron chi connectivity index (χ0n) is 17.3. The summed E-state index contributed by atoms with van der Waals surface area (Å²) in [6.45, 7) is 5.55. The summed E-state index contributed by atoms with van der Waals surface area (Å²) >= 11 is 13.6. The van der Waals surface area contributed by atoms with Crippen LogP contribution in [0.3, 0.4) is 0 Å². The van der Waals surface area contributed by atoms with Gasteiger partial charge in [-0.05, 0) is 44.4 Å². The molecule has 1 aliphatic rings. The lowest BCUT2D eigenvalue weighted by molar-refractivity contribution is -0.153. The Labute approximate surface area is 194 Å². The fraction of sp³-hybridized carbons (Fsp3) is 0.364. The van der Waals surface area contributed by atoms with E-state index in [4.69, 9.17) is 27.9 Å². The summed E-state index contributed by atoms with van der Waals surface area (Å²) in [5.41, 5.74) is 2.73. The lowest BCUT2D eigenvalue weighted by atomic mass is 10.1. The lowest BCUT2D eigenvalue weighted by Crippen LogP contribution is -2.44. The Morgan fingerprint density at radius 3 is 2.71 bits per heavy atom. The number of aromatic amines is 1. The van der Waals surface area contributed by atoms with Crippen LogP contribution in [0.25, 0.3) is 10.2 Å². The van der Waals surface area contributed by atoms with Crippen LogP contribution >= 0.6 is 34.5 Å². The topological polar surface area (TPSA) is 83.2 Å². The monoisotopic (exact) mass is 479 g/mol. The van der Waals surface area contributed by atoms with Gasteiger partial charge in [0.15, 0.2) is 0 Å². The molecule has 31 heavy (non-hydrogen) atoms. The molecule has 1 aromatic carbocycles. The fourth-order valence-corrected chi connectivity index (χ4v) is 5.32. The van der Waals surface area contributed by atoms with Crippen LogP contribution in [0.4, 0.5) is 0 Å². The van der Waals surface area contributed by atoms with Gasteiger partial charge in [-0.25, -0.2) is 0 Å². The predicted octanol–water partition coefficient (Wildman–Crippen LogP) is 4.86. The molecule has 0 saturated carbocycles. The number of carbonyl (C=O) groups is 2. The van der Waals surface area contributed by atoms with Crippen molar-refractivity contribution in [2.45, 2.75) is 44.9 Å². The summed E-state index contributed by atoms with van der Waals surface area (Å²) in [6, 6.07) is 9.30. The van der Waals surface area contributed by atoms with Gasteiger partial charge >= 0.3 is 5.97 Å². The number of carbonyl (C=O) groups excluding carboxylic acids is 2. The van der Waals surface area contributed by atoms with Gasteiger partial charge in [-0.15, -0.1) is 11.3 Å². The number of halogens is 2. The van der Waals surface area contributed by atoms with E-state index in [1.165, 1.54) is 11.3 Å². The average molecular weight is 480 g/mol. The minimum atomic E-state index is -0.551. The zero-order chi connectivity index (χ0) is 22.3. The van der Waals surface area contributed by atoms with Gasteiger partial charge in [-0.3, -0.25) is 14.9 Å². The third-order valence-electron chi connectivity index (χ3n) is 5.05. The number of amides is 1. The maximum absolute atomic E-state index is 13.0. The van der Waals surface area contributed by atoms with Crippen molar-refractivity contribution >= 4 is 56.6 Å². The minimum absolute atomic E-state index is 0.0506. The summed E-state index contributed by atoms with van der Waals surface area (Å²) in [5.74, 6) is -0.574. The van der Waals surface area contributed by atoms with Gasteiger partial charge in [-0.2, -0.15) is 0 Å². The number of esters is 1. The summed E-state index contributed by atoms with van der Waals surface area (Å²) < 4.78 is 6.72. The highest BCUT2D eigenvalue weighted by molar-refractivity contribution is 7.23. The molecule has 3 aromatic rings. The number of ether oxygens (including phenoxy) is 1. The van der Waals surface area contributed by atoms with E-state index in [0.29, 0.717) is 27.0 Å². The van der Waals surface area contributed by atoms with Gasteiger partial charge in [-0.1, -0.05) is 47.5 Å². The van der Waals surface area contributed by atoms with E-state index in [9.17, 15) is 9.59 Å². The molecular formula is C22H23Cl2N3O3S. The highest BCUT2D eigenvalue weighted by atomic mass is 35.5. The molecular weight excluding hydrogens is 457 g/mol. The molecule has 0 saturated heterocycles. The Morgan fingerprint density at radius 1 is 1.26 bits per heavy atom. The van der Waals surface area contributed by atoms with Gasteiger partial charge in [0.1, 0.15) is 15.6 Å². The van der Waals surface area contributed by atoms with Crippen LogP contribution in [0.5, 0.6) is 0 Å². The summed E-state index contributed by atoms with van der Waals surface area (Å²) in [7, 11) is 0. The van der Waals surface area contributed by atoms with E-state index >= 15 is 0 Å². The summed E-state index contributed by atoms with van der Waals surface area (Å²) in [5, 5.41) is 6.78. The molecule has 0 bridgehead atoms. The van der Waals surface area contributed by atoms with Crippen molar-refractivity contribution in [3.63, 3.8) is 0 Å². The van der Waals surface area contributed by atoms with Gasteiger partial charge in [0, 0.05) is 0 Å². The molecule has 0 radical (unpaired) electrons. The number of rotatable bonds is 5. The minimum Gasteiger partial charge on any atom is -0.459 e. The van der Waals surface area contributed by atoms with Crippen molar-refractivity contribution in [2.24, 2.45) is 0 Å². The van der Waals surface area contributed by atoms with E-state index in [1.807, 2.05) is 45.0 Å². The van der Waals surface area contributed by atoms with Crippen LogP contribution in [0.15, 0.2) is 30.3 Å². The largest absolute Gasteiger partial charge is 0.459 e. The Bertz CT molecular complexity index is 1150. The van der Waals surface area contributed by atoms with E-state index in [0.717, 1.165) is 15.8 Å². The van der Waals surface area contributed by atoms with Gasteiger partial charge in [0.25, 0.3) is 5.91 Å². The van der Waals surface area contributed by atoms with E-state index in [2.05, 4.69) is 15.6 Å². The molecule has 4 rings (SSSR count). The van der Waals surface area contributed by atoms with E-state index in [-0.39, 0.29) is 30.5 Å². The SMILES string of the molecule is CC(C)(C)OC(=O)CN[C@@H]1c2ccccc2C[C@H]1NC(=O)c1cc2sc(Cl)c(Cl)c2[nH]1. The number of fused-ring (bicyclic) bond motifs is 2. The molecule has 2 aromatic heterocycles. The van der Waals surface area contributed by atoms with Crippen molar-refractivity contribution in [2.75, 3.05) is 6.54 Å². The summed E-state index contributed by atoms with van der Waals surface area (Å²) in [4.78, 5) is 28.2. The lowest BCUT2D eigenvalue weighted by Gasteiger charge is -2.24. The maximum atomic E-state index is 13.0. The molecule has 0 unspecified atom stereocenters. The molecule has 0 spiro atoms. The van der Waals surface area contributed by atoms with E-state index < -0.39 is 5.60 Å². The van der Waals surface area contributed by atoms with Crippen molar-refractivity contribution in [3.8, 4) is 0 Å². The maximum Gasteiger partial charge on any atom is 0.320 e. The predicted molar refractivity (Wildman–Crippen MR) is 124 cm³/mol. The second-order valence-electron chi connectivity index (χ2n) is 8.54. The van der Waals surface area contributed by atoms with Crippen LogP contribution in [-0.2, 0) is 16.0 Å². The van der Waals surface area contributed by atoms with Gasteiger partial charge in [0.05, 0.1) is 33.9 Å². The standard InChI is InChI=1S/C22H23Cl2N3O3S/c1-22(2,3)30-16(28)10-25-18-12-7-5-4-6-11(12)8-13(18)27-21(29)14-9-15-19(26-14)17(23)20(24)31-15/h4-7,9,13,18,25-26H,8,10H2,1-3H3,(H,27,29)/t13-,18-/m1/s1. The smallest absolute Gasteiger partial charge is 0.320 e. The number of H-pyrrole nitrogens is 1. The number of thiophene rings is 1. The number of hydrogen-bond acceptors (Lipinski definition) is 5. The molecule has 0 aliphatic heterocycles. The number of benzene rings is 1. The van der Waals surface area contributed by atoms with Gasteiger partial charge < -0.3 is 15.0 Å². The normalized spacial score (nSPS) is 18.2. The van der Waals surface area contributed by atoms with Crippen LogP contribution < -0.4 is 10.6 Å². The highest BCUT2D eigenvalue weighted by Crippen LogP contribution is 2.39. The first kappa shape index (κ1) is 22.1. The highest BCUT2D eigenvalue weighted by Gasteiger charge is 2.34. The molecule has 3 N–H and O–H groups in total. The quantitative estimate of drug-likeness (QED) is 0.456. The number of nitrogens with one attached hydrogen (secondary N) is 3. The Hall–Kier alpha value is -2.06. The molecule has 1 amide bonds. The zero-order valence-corrected chi connectivity index (χ0v) is 19.7. The molecule has 0 fully saturated rings. The second kappa shape index (κ2) is 8.47. The van der Waals surface area contributed by atoms with Crippen LogP contribution in [0.2, 0.25) is 9.36 Å². The molecule has 2 atom stereocenters. The molecule has 164 valence electrons. The second-order valence-corrected chi connectivity index (χ2v) is 10.6. The number of aromatic nitrogens is 1. The van der Waals surface area contributed by atoms with Crippen molar-refractivity contribution in [3.05, 3.63) is 56.5 Å². The van der Waals surface area contributed by atoms with Crippen LogP contribution in [0, 0.1) is 0 Å². The van der Waals surface area contributed by atoms with Crippen molar-refractivity contribution in [1.29, 1.82) is 0 Å². The first-order chi connectivity index (χ1) is 14.6. The molecule has 2 heterocycles. The van der Waals surface area contributed by atoms with Crippen molar-refractivity contribution in [1.82, 2.24) is 15.6 Å². The van der Waals surface area contributed by atoms with Crippen LogP contribution in [0.1, 0.15) is 48.4 Å².